The Morgan fingerprint density at radius 2 is 1.81 bits per heavy atom. The number of amides is 3. The van der Waals surface area contributed by atoms with Crippen LogP contribution in [0.25, 0.3) is 0 Å². The van der Waals surface area contributed by atoms with Gasteiger partial charge in [-0.15, -0.1) is 0 Å². The summed E-state index contributed by atoms with van der Waals surface area (Å²) in [7, 11) is 1.57. The van der Waals surface area contributed by atoms with Crippen LogP contribution in [0.5, 0.6) is 5.75 Å². The summed E-state index contributed by atoms with van der Waals surface area (Å²) in [6.45, 7) is 3.23. The van der Waals surface area contributed by atoms with Crippen molar-refractivity contribution in [3.63, 3.8) is 0 Å². The third-order valence-corrected chi connectivity index (χ3v) is 7.09. The summed E-state index contributed by atoms with van der Waals surface area (Å²) in [5, 5.41) is 3.28. The zero-order valence-electron chi connectivity index (χ0n) is 18.7. The highest BCUT2D eigenvalue weighted by atomic mass is 16.5. The van der Waals surface area contributed by atoms with E-state index in [1.807, 2.05) is 9.80 Å². The first-order valence-electron chi connectivity index (χ1n) is 11.8. The van der Waals surface area contributed by atoms with Gasteiger partial charge in [0.25, 0.3) is 5.91 Å². The number of rotatable bonds is 6. The lowest BCUT2D eigenvalue weighted by molar-refractivity contribution is -0.137. The van der Waals surface area contributed by atoms with E-state index < -0.39 is 6.04 Å². The molecule has 1 aromatic carbocycles. The van der Waals surface area contributed by atoms with E-state index in [0.717, 1.165) is 38.8 Å². The number of methoxy groups -OCH3 is 1. The molecule has 2 saturated heterocycles. The SMILES string of the molecule is COc1cccc(C(=O)N2CC(N(C(=O)C3CC3)C3CC3)CC2C(=O)N2CCNCC2)c1. The molecule has 1 N–H and O–H groups in total. The Hall–Kier alpha value is -2.61. The van der Waals surface area contributed by atoms with E-state index in [1.54, 1.807) is 36.3 Å². The quantitative estimate of drug-likeness (QED) is 0.717. The molecule has 32 heavy (non-hydrogen) atoms. The summed E-state index contributed by atoms with van der Waals surface area (Å²) < 4.78 is 5.30. The van der Waals surface area contributed by atoms with Crippen LogP contribution in [0.1, 0.15) is 42.5 Å². The maximum atomic E-state index is 13.6. The second kappa shape index (κ2) is 8.73. The molecule has 3 amide bonds. The van der Waals surface area contributed by atoms with Crippen molar-refractivity contribution in [3.05, 3.63) is 29.8 Å². The Kier molecular flexibility index (Phi) is 5.80. The molecule has 2 aliphatic carbocycles. The highest BCUT2D eigenvalue weighted by molar-refractivity contribution is 5.98. The lowest BCUT2D eigenvalue weighted by atomic mass is 10.1. The van der Waals surface area contributed by atoms with Crippen LogP contribution < -0.4 is 10.1 Å². The normalized spacial score (nSPS) is 25.5. The van der Waals surface area contributed by atoms with Crippen molar-refractivity contribution in [2.24, 2.45) is 5.92 Å². The van der Waals surface area contributed by atoms with Crippen molar-refractivity contribution in [1.29, 1.82) is 0 Å². The highest BCUT2D eigenvalue weighted by Gasteiger charge is 2.50. The number of likely N-dealkylation sites (tertiary alicyclic amines) is 1. The Labute approximate surface area is 188 Å². The molecule has 2 saturated carbocycles. The largest absolute Gasteiger partial charge is 0.497 e. The summed E-state index contributed by atoms with van der Waals surface area (Å²) in [5.74, 6) is 0.803. The van der Waals surface area contributed by atoms with Gasteiger partial charge in [0, 0.05) is 50.2 Å². The van der Waals surface area contributed by atoms with E-state index in [9.17, 15) is 14.4 Å². The second-order valence-electron chi connectivity index (χ2n) is 9.42. The topological polar surface area (TPSA) is 82.2 Å². The van der Waals surface area contributed by atoms with Crippen LogP contribution >= 0.6 is 0 Å². The minimum atomic E-state index is -0.537. The Morgan fingerprint density at radius 1 is 1.06 bits per heavy atom. The molecule has 8 heteroatoms. The number of benzene rings is 1. The fraction of sp³-hybridized carbons (Fsp3) is 0.625. The van der Waals surface area contributed by atoms with E-state index >= 15 is 0 Å². The van der Waals surface area contributed by atoms with Crippen LogP contribution in [0.15, 0.2) is 24.3 Å². The predicted molar refractivity (Wildman–Crippen MR) is 118 cm³/mol. The number of hydrogen-bond donors (Lipinski definition) is 1. The van der Waals surface area contributed by atoms with E-state index in [4.69, 9.17) is 4.74 Å². The average molecular weight is 441 g/mol. The monoisotopic (exact) mass is 440 g/mol. The summed E-state index contributed by atoms with van der Waals surface area (Å²) >= 11 is 0. The molecule has 172 valence electrons. The number of hydrogen-bond acceptors (Lipinski definition) is 5. The minimum Gasteiger partial charge on any atom is -0.497 e. The molecule has 2 aliphatic heterocycles. The van der Waals surface area contributed by atoms with Crippen molar-refractivity contribution in [2.45, 2.75) is 50.2 Å². The minimum absolute atomic E-state index is 0.000126. The summed E-state index contributed by atoms with van der Waals surface area (Å²) in [6.07, 6.45) is 4.49. The first-order chi connectivity index (χ1) is 15.6. The smallest absolute Gasteiger partial charge is 0.254 e. The lowest BCUT2D eigenvalue weighted by Crippen LogP contribution is -2.53. The second-order valence-corrected chi connectivity index (χ2v) is 9.42. The third kappa shape index (κ3) is 4.20. The first-order valence-corrected chi connectivity index (χ1v) is 11.8. The molecule has 5 rings (SSSR count). The Balaban J connectivity index is 1.41. The average Bonchev–Trinajstić information content (AvgIpc) is 3.76. The van der Waals surface area contributed by atoms with Gasteiger partial charge in [-0.25, -0.2) is 0 Å². The Bertz CT molecular complexity index is 892. The van der Waals surface area contributed by atoms with Gasteiger partial charge in [0.15, 0.2) is 0 Å². The summed E-state index contributed by atoms with van der Waals surface area (Å²) in [6, 6.07) is 6.71. The van der Waals surface area contributed by atoms with Crippen LogP contribution in [0.2, 0.25) is 0 Å². The van der Waals surface area contributed by atoms with Gasteiger partial charge < -0.3 is 24.8 Å². The molecular formula is C24H32N4O4. The zero-order valence-corrected chi connectivity index (χ0v) is 18.7. The molecule has 2 unspecified atom stereocenters. The van der Waals surface area contributed by atoms with Crippen LogP contribution in [0.3, 0.4) is 0 Å². The Morgan fingerprint density at radius 3 is 2.47 bits per heavy atom. The van der Waals surface area contributed by atoms with E-state index in [1.165, 1.54) is 0 Å². The predicted octanol–water partition coefficient (Wildman–Crippen LogP) is 1.11. The zero-order chi connectivity index (χ0) is 22.2. The van der Waals surface area contributed by atoms with Gasteiger partial charge in [-0.2, -0.15) is 0 Å². The van der Waals surface area contributed by atoms with E-state index in [0.29, 0.717) is 37.4 Å². The number of nitrogens with zero attached hydrogens (tertiary/aromatic N) is 3. The molecular weight excluding hydrogens is 408 g/mol. The van der Waals surface area contributed by atoms with Crippen molar-refractivity contribution in [2.75, 3.05) is 39.8 Å². The summed E-state index contributed by atoms with van der Waals surface area (Å²) in [5.41, 5.74) is 0.509. The van der Waals surface area contributed by atoms with Gasteiger partial charge in [-0.05, 0) is 50.3 Å². The molecule has 0 aromatic heterocycles. The molecule has 4 aliphatic rings. The van der Waals surface area contributed by atoms with Gasteiger partial charge in [0.05, 0.1) is 13.2 Å². The maximum absolute atomic E-state index is 13.6. The molecule has 2 heterocycles. The number of ether oxygens (including phenoxy) is 1. The fourth-order valence-corrected chi connectivity index (χ4v) is 5.04. The van der Waals surface area contributed by atoms with Gasteiger partial charge >= 0.3 is 0 Å². The van der Waals surface area contributed by atoms with Crippen molar-refractivity contribution in [3.8, 4) is 5.75 Å². The standard InChI is InChI=1S/C24H32N4O4/c1-32-20-4-2-3-17(13-20)22(29)27-15-19(28(18-7-8-18)23(30)16-5-6-16)14-21(27)24(31)26-11-9-25-10-12-26/h2-4,13,16,18-19,21,25H,5-12,14-15H2,1H3. The van der Waals surface area contributed by atoms with Crippen molar-refractivity contribution in [1.82, 2.24) is 20.0 Å². The van der Waals surface area contributed by atoms with Gasteiger partial charge in [-0.1, -0.05) is 6.07 Å². The van der Waals surface area contributed by atoms with E-state index in [-0.39, 0.29) is 35.7 Å². The third-order valence-electron chi connectivity index (χ3n) is 7.09. The van der Waals surface area contributed by atoms with Crippen LogP contribution in [-0.4, -0.2) is 90.4 Å². The highest BCUT2D eigenvalue weighted by Crippen LogP contribution is 2.40. The van der Waals surface area contributed by atoms with Crippen LogP contribution in [0, 0.1) is 5.92 Å². The van der Waals surface area contributed by atoms with Crippen LogP contribution in [0.4, 0.5) is 0 Å². The first kappa shape index (κ1) is 21.2. The number of carbonyl (C=O) groups is 3. The molecule has 0 spiro atoms. The van der Waals surface area contributed by atoms with Crippen molar-refractivity contribution >= 4 is 17.7 Å². The molecule has 0 bridgehead atoms. The van der Waals surface area contributed by atoms with E-state index in [2.05, 4.69) is 5.32 Å². The number of nitrogens with one attached hydrogen (secondary N) is 1. The maximum Gasteiger partial charge on any atom is 0.254 e. The lowest BCUT2D eigenvalue weighted by Gasteiger charge is -2.32. The number of piperazine rings is 1. The molecule has 2 atom stereocenters. The number of carbonyl (C=O) groups excluding carboxylic acids is 3. The van der Waals surface area contributed by atoms with Crippen LogP contribution in [-0.2, 0) is 9.59 Å². The van der Waals surface area contributed by atoms with Gasteiger partial charge in [-0.3, -0.25) is 14.4 Å². The molecule has 4 fully saturated rings. The molecule has 8 nitrogen and oxygen atoms in total. The molecule has 1 aromatic rings. The summed E-state index contributed by atoms with van der Waals surface area (Å²) in [4.78, 5) is 45.8. The van der Waals surface area contributed by atoms with Crippen molar-refractivity contribution < 1.29 is 19.1 Å². The fourth-order valence-electron chi connectivity index (χ4n) is 5.04. The van der Waals surface area contributed by atoms with Gasteiger partial charge in [0.2, 0.25) is 11.8 Å². The van der Waals surface area contributed by atoms with Gasteiger partial charge in [0.1, 0.15) is 11.8 Å². The molecule has 0 radical (unpaired) electrons.